The third-order valence-electron chi connectivity index (χ3n) is 3.65. The lowest BCUT2D eigenvalue weighted by Gasteiger charge is -2.11. The van der Waals surface area contributed by atoms with Gasteiger partial charge >= 0.3 is 0 Å². The molecule has 0 fully saturated rings. The first-order valence-electron chi connectivity index (χ1n) is 8.16. The molecule has 2 aromatic rings. The molecule has 0 aliphatic heterocycles. The highest BCUT2D eigenvalue weighted by molar-refractivity contribution is 7.80. The van der Waals surface area contributed by atoms with E-state index in [9.17, 15) is 29.8 Å². The van der Waals surface area contributed by atoms with E-state index in [1.165, 1.54) is 7.11 Å². The van der Waals surface area contributed by atoms with E-state index in [0.29, 0.717) is 11.3 Å². The summed E-state index contributed by atoms with van der Waals surface area (Å²) in [6.45, 7) is 0. The van der Waals surface area contributed by atoms with Crippen molar-refractivity contribution in [1.29, 1.82) is 0 Å². The van der Waals surface area contributed by atoms with Crippen LogP contribution in [0, 0.1) is 20.2 Å². The minimum Gasteiger partial charge on any atom is -0.497 e. The van der Waals surface area contributed by atoms with Crippen molar-refractivity contribution in [2.24, 2.45) is 0 Å². The summed E-state index contributed by atoms with van der Waals surface area (Å²) in [7, 11) is 1.52. The molecule has 2 aromatic carbocycles. The van der Waals surface area contributed by atoms with Crippen molar-refractivity contribution < 1.29 is 24.2 Å². The smallest absolute Gasteiger partial charge is 0.277 e. The Morgan fingerprint density at radius 3 is 2.07 bits per heavy atom. The van der Waals surface area contributed by atoms with E-state index in [-0.39, 0.29) is 17.1 Å². The Hall–Kier alpha value is -4.13. The van der Waals surface area contributed by atoms with Crippen LogP contribution < -0.4 is 20.9 Å². The van der Waals surface area contributed by atoms with Crippen LogP contribution >= 0.6 is 12.2 Å². The highest BCUT2D eigenvalue weighted by atomic mass is 32.1. The Bertz CT molecular complexity index is 978. The van der Waals surface area contributed by atoms with Crippen LogP contribution in [0.25, 0.3) is 0 Å². The van der Waals surface area contributed by atoms with Crippen LogP contribution in [-0.2, 0) is 11.2 Å². The van der Waals surface area contributed by atoms with Crippen molar-refractivity contribution in [3.8, 4) is 5.75 Å². The number of rotatable bonds is 6. The predicted octanol–water partition coefficient (Wildman–Crippen LogP) is 1.39. The molecule has 12 nitrogen and oxygen atoms in total. The van der Waals surface area contributed by atoms with Gasteiger partial charge in [0.1, 0.15) is 5.75 Å². The first-order chi connectivity index (χ1) is 14.2. The summed E-state index contributed by atoms with van der Waals surface area (Å²) in [5.41, 5.74) is 3.70. The molecule has 0 spiro atoms. The number of hydrazine groups is 1. The number of carbonyl (C=O) groups is 2. The zero-order valence-corrected chi connectivity index (χ0v) is 16.2. The number of thiocarbonyl (C=S) groups is 1. The monoisotopic (exact) mass is 433 g/mol. The second-order valence-electron chi connectivity index (χ2n) is 5.73. The van der Waals surface area contributed by atoms with Gasteiger partial charge in [0.15, 0.2) is 5.11 Å². The average Bonchev–Trinajstić information content (AvgIpc) is 2.72. The van der Waals surface area contributed by atoms with Crippen LogP contribution in [-0.4, -0.2) is 33.9 Å². The van der Waals surface area contributed by atoms with Gasteiger partial charge in [-0.15, -0.1) is 0 Å². The van der Waals surface area contributed by atoms with Crippen molar-refractivity contribution in [1.82, 2.24) is 16.2 Å². The molecule has 0 aliphatic rings. The number of hydrogen-bond acceptors (Lipinski definition) is 8. The number of methoxy groups -OCH3 is 1. The molecule has 2 amide bonds. The molecule has 0 atom stereocenters. The van der Waals surface area contributed by atoms with Crippen LogP contribution in [0.15, 0.2) is 42.5 Å². The largest absolute Gasteiger partial charge is 0.497 e. The topological polar surface area (TPSA) is 166 Å². The zero-order valence-electron chi connectivity index (χ0n) is 15.4. The number of nitro benzene ring substituents is 2. The SMILES string of the molecule is COc1ccc(CC(=O)NNC(=S)NC(=O)c2cc([N+](=O)[O-])cc([N+](=O)[O-])c2)cc1. The van der Waals surface area contributed by atoms with Gasteiger partial charge in [-0.1, -0.05) is 12.1 Å². The van der Waals surface area contributed by atoms with E-state index in [1.807, 2.05) is 0 Å². The number of non-ortho nitro benzene ring substituents is 2. The fourth-order valence-corrected chi connectivity index (χ4v) is 2.39. The molecular weight excluding hydrogens is 418 g/mol. The summed E-state index contributed by atoms with van der Waals surface area (Å²) in [5.74, 6) is -0.742. The molecule has 0 bridgehead atoms. The predicted molar refractivity (Wildman–Crippen MR) is 108 cm³/mol. The summed E-state index contributed by atoms with van der Waals surface area (Å²) in [4.78, 5) is 44.2. The van der Waals surface area contributed by atoms with Gasteiger partial charge in [0.25, 0.3) is 17.3 Å². The molecule has 156 valence electrons. The molecule has 3 N–H and O–H groups in total. The first-order valence-corrected chi connectivity index (χ1v) is 8.57. The van der Waals surface area contributed by atoms with Gasteiger partial charge in [-0.3, -0.25) is 46.0 Å². The van der Waals surface area contributed by atoms with Crippen LogP contribution in [0.3, 0.4) is 0 Å². The van der Waals surface area contributed by atoms with Gasteiger partial charge in [-0.2, -0.15) is 0 Å². The summed E-state index contributed by atoms with van der Waals surface area (Å²) in [6.07, 6.45) is 0.0185. The Kier molecular flexibility index (Phi) is 7.30. The van der Waals surface area contributed by atoms with Crippen LogP contribution in [0.4, 0.5) is 11.4 Å². The third-order valence-corrected chi connectivity index (χ3v) is 3.86. The summed E-state index contributed by atoms with van der Waals surface area (Å²) in [6, 6.07) is 9.26. The fraction of sp³-hybridized carbons (Fsp3) is 0.118. The van der Waals surface area contributed by atoms with E-state index in [2.05, 4.69) is 16.2 Å². The Morgan fingerprint density at radius 2 is 1.57 bits per heavy atom. The molecule has 0 saturated heterocycles. The van der Waals surface area contributed by atoms with E-state index in [0.717, 1.165) is 18.2 Å². The Morgan fingerprint density at radius 1 is 1.00 bits per heavy atom. The molecular formula is C17H15N5O7S. The van der Waals surface area contributed by atoms with Crippen molar-refractivity contribution in [3.63, 3.8) is 0 Å². The van der Waals surface area contributed by atoms with Crippen LogP contribution in [0.1, 0.15) is 15.9 Å². The van der Waals surface area contributed by atoms with Crippen molar-refractivity contribution in [2.45, 2.75) is 6.42 Å². The second-order valence-corrected chi connectivity index (χ2v) is 6.14. The van der Waals surface area contributed by atoms with Crippen molar-refractivity contribution in [3.05, 3.63) is 73.8 Å². The fourth-order valence-electron chi connectivity index (χ4n) is 2.24. The number of benzene rings is 2. The minimum atomic E-state index is -0.927. The molecule has 0 unspecified atom stereocenters. The molecule has 0 radical (unpaired) electrons. The van der Waals surface area contributed by atoms with E-state index >= 15 is 0 Å². The van der Waals surface area contributed by atoms with Gasteiger partial charge in [0.05, 0.1) is 35.0 Å². The van der Waals surface area contributed by atoms with Crippen molar-refractivity contribution >= 4 is 40.5 Å². The van der Waals surface area contributed by atoms with E-state index in [1.54, 1.807) is 24.3 Å². The highest BCUT2D eigenvalue weighted by Gasteiger charge is 2.20. The minimum absolute atomic E-state index is 0.0185. The van der Waals surface area contributed by atoms with Gasteiger partial charge in [-0.25, -0.2) is 0 Å². The van der Waals surface area contributed by atoms with Gasteiger partial charge in [0, 0.05) is 12.1 Å². The van der Waals surface area contributed by atoms with Crippen LogP contribution in [0.5, 0.6) is 5.75 Å². The van der Waals surface area contributed by atoms with Gasteiger partial charge in [-0.05, 0) is 29.9 Å². The molecule has 13 heteroatoms. The third kappa shape index (κ3) is 6.20. The lowest BCUT2D eigenvalue weighted by molar-refractivity contribution is -0.394. The summed E-state index contributed by atoms with van der Waals surface area (Å²) in [5, 5.41) is 23.6. The maximum atomic E-state index is 12.2. The maximum absolute atomic E-state index is 12.2. The number of nitro groups is 2. The summed E-state index contributed by atoms with van der Waals surface area (Å²) >= 11 is 4.87. The Balaban J connectivity index is 1.94. The number of amides is 2. The number of nitrogens with one attached hydrogen (secondary N) is 3. The molecule has 0 heterocycles. The maximum Gasteiger partial charge on any atom is 0.277 e. The van der Waals surface area contributed by atoms with E-state index < -0.39 is 33.0 Å². The summed E-state index contributed by atoms with van der Waals surface area (Å²) < 4.78 is 5.02. The highest BCUT2D eigenvalue weighted by Crippen LogP contribution is 2.22. The normalized spacial score (nSPS) is 9.90. The second kappa shape index (κ2) is 9.88. The lowest BCUT2D eigenvalue weighted by atomic mass is 10.1. The van der Waals surface area contributed by atoms with Crippen molar-refractivity contribution in [2.75, 3.05) is 7.11 Å². The van der Waals surface area contributed by atoms with Gasteiger partial charge in [0.2, 0.25) is 5.91 Å². The molecule has 0 aromatic heterocycles. The lowest BCUT2D eigenvalue weighted by Crippen LogP contribution is -2.48. The number of carbonyl (C=O) groups excluding carboxylic acids is 2. The first kappa shape index (κ1) is 22.2. The standard InChI is InChI=1S/C17H15N5O7S/c1-29-14-4-2-10(3-5-14)6-15(23)19-20-17(30)18-16(24)11-7-12(21(25)26)9-13(8-11)22(27)28/h2-5,7-9H,6H2,1H3,(H,19,23)(H2,18,20,24,30). The number of hydrogen-bond donors (Lipinski definition) is 3. The number of nitrogens with zero attached hydrogens (tertiary/aromatic N) is 2. The molecule has 30 heavy (non-hydrogen) atoms. The van der Waals surface area contributed by atoms with Gasteiger partial charge < -0.3 is 4.74 Å². The zero-order chi connectivity index (χ0) is 22.3. The Labute approximate surface area is 174 Å². The van der Waals surface area contributed by atoms with E-state index in [4.69, 9.17) is 17.0 Å². The molecule has 2 rings (SSSR count). The molecule has 0 saturated carbocycles. The average molecular weight is 433 g/mol. The van der Waals surface area contributed by atoms with Crippen LogP contribution in [0.2, 0.25) is 0 Å². The number of ether oxygens (including phenoxy) is 1. The molecule has 0 aliphatic carbocycles. The quantitative estimate of drug-likeness (QED) is 0.346.